The van der Waals surface area contributed by atoms with Gasteiger partial charge < -0.3 is 33.9 Å². The third kappa shape index (κ3) is 8.45. The van der Waals surface area contributed by atoms with E-state index in [2.05, 4.69) is 0 Å². The van der Waals surface area contributed by atoms with E-state index in [0.29, 0.717) is 26.2 Å². The van der Waals surface area contributed by atoms with E-state index in [9.17, 15) is 10.2 Å². The quantitative estimate of drug-likeness (QED) is 0.320. The first-order valence-corrected chi connectivity index (χ1v) is 12.7. The summed E-state index contributed by atoms with van der Waals surface area (Å²) in [5.74, 6) is 0. The molecule has 37 heavy (non-hydrogen) atoms. The van der Waals surface area contributed by atoms with Gasteiger partial charge in [0.1, 0.15) is 24.4 Å². The highest BCUT2D eigenvalue weighted by Gasteiger charge is 2.47. The van der Waals surface area contributed by atoms with Crippen LogP contribution in [0.4, 0.5) is 0 Å². The fourth-order valence-electron chi connectivity index (χ4n) is 4.22. The molecule has 198 valence electrons. The van der Waals surface area contributed by atoms with Gasteiger partial charge in [0.2, 0.25) is 0 Å². The first-order valence-electron chi connectivity index (χ1n) is 12.7. The third-order valence-corrected chi connectivity index (χ3v) is 6.16. The van der Waals surface area contributed by atoms with Crippen molar-refractivity contribution in [2.75, 3.05) is 19.8 Å². The molecule has 0 saturated carbocycles. The molecule has 1 aliphatic rings. The van der Waals surface area contributed by atoms with E-state index in [0.717, 1.165) is 16.7 Å². The van der Waals surface area contributed by atoms with Crippen molar-refractivity contribution in [2.45, 2.75) is 56.9 Å². The maximum absolute atomic E-state index is 11.2. The molecule has 3 aromatic carbocycles. The summed E-state index contributed by atoms with van der Waals surface area (Å²) in [5.41, 5.74) is 3.04. The lowest BCUT2D eigenvalue weighted by molar-refractivity contribution is -0.319. The van der Waals surface area contributed by atoms with Crippen molar-refractivity contribution in [2.24, 2.45) is 0 Å². The molecule has 1 aliphatic heterocycles. The minimum atomic E-state index is -1.09. The molecular weight excluding hydrogens is 472 g/mol. The van der Waals surface area contributed by atoms with Crippen molar-refractivity contribution in [1.29, 1.82) is 0 Å². The van der Waals surface area contributed by atoms with Crippen molar-refractivity contribution in [3.63, 3.8) is 0 Å². The molecule has 5 atom stereocenters. The lowest BCUT2D eigenvalue weighted by Crippen LogP contribution is -2.61. The zero-order valence-electron chi connectivity index (χ0n) is 20.9. The summed E-state index contributed by atoms with van der Waals surface area (Å²) < 4.78 is 30.6. The zero-order chi connectivity index (χ0) is 25.7. The maximum atomic E-state index is 11.2. The molecular formula is C30H36O7. The number of hydrogen-bond acceptors (Lipinski definition) is 7. The van der Waals surface area contributed by atoms with E-state index in [-0.39, 0.29) is 19.8 Å². The van der Waals surface area contributed by atoms with Crippen molar-refractivity contribution in [3.8, 4) is 0 Å². The lowest BCUT2D eigenvalue weighted by atomic mass is 9.98. The second kappa shape index (κ2) is 15.0. The van der Waals surface area contributed by atoms with Crippen LogP contribution >= 0.6 is 0 Å². The molecule has 0 aromatic heterocycles. The van der Waals surface area contributed by atoms with E-state index >= 15 is 0 Å². The smallest absolute Gasteiger partial charge is 0.186 e. The second-order valence-corrected chi connectivity index (χ2v) is 9.00. The van der Waals surface area contributed by atoms with Gasteiger partial charge in [-0.05, 0) is 23.1 Å². The largest absolute Gasteiger partial charge is 0.396 e. The summed E-state index contributed by atoms with van der Waals surface area (Å²) in [7, 11) is 0. The molecule has 0 bridgehead atoms. The van der Waals surface area contributed by atoms with Crippen LogP contribution in [0, 0.1) is 0 Å². The van der Waals surface area contributed by atoms with Gasteiger partial charge in [0.15, 0.2) is 6.29 Å². The van der Waals surface area contributed by atoms with E-state index in [1.54, 1.807) is 0 Å². The molecule has 1 heterocycles. The molecule has 0 amide bonds. The number of hydrogen-bond donors (Lipinski definition) is 2. The van der Waals surface area contributed by atoms with Gasteiger partial charge in [0.05, 0.1) is 33.0 Å². The van der Waals surface area contributed by atoms with Gasteiger partial charge >= 0.3 is 0 Å². The summed E-state index contributed by atoms with van der Waals surface area (Å²) in [5, 5.41) is 20.4. The van der Waals surface area contributed by atoms with Gasteiger partial charge in [-0.15, -0.1) is 0 Å². The molecule has 7 nitrogen and oxygen atoms in total. The Morgan fingerprint density at radius 1 is 0.649 bits per heavy atom. The van der Waals surface area contributed by atoms with E-state index in [1.807, 2.05) is 91.0 Å². The van der Waals surface area contributed by atoms with Crippen molar-refractivity contribution in [1.82, 2.24) is 0 Å². The Kier molecular flexibility index (Phi) is 11.1. The van der Waals surface area contributed by atoms with Crippen LogP contribution in [0.3, 0.4) is 0 Å². The highest BCUT2D eigenvalue weighted by molar-refractivity contribution is 5.15. The average molecular weight is 509 g/mol. The van der Waals surface area contributed by atoms with Crippen LogP contribution < -0.4 is 0 Å². The molecule has 0 radical (unpaired) electrons. The summed E-state index contributed by atoms with van der Waals surface area (Å²) in [4.78, 5) is 0. The third-order valence-electron chi connectivity index (χ3n) is 6.16. The van der Waals surface area contributed by atoms with Crippen molar-refractivity contribution >= 4 is 0 Å². The SMILES string of the molecule is OCCCO[C@@H]1O[C@H](COCc2ccccc2)[C@@H](OCc2ccccc2)[C@H](OCc2ccccc2)[C@H]1O. The van der Waals surface area contributed by atoms with Crippen molar-refractivity contribution < 1.29 is 33.9 Å². The normalized spacial score (nSPS) is 23.7. The summed E-state index contributed by atoms with van der Waals surface area (Å²) >= 11 is 0. The predicted molar refractivity (Wildman–Crippen MR) is 138 cm³/mol. The standard InChI is InChI=1S/C30H36O7/c31-17-10-18-34-30-27(32)29(36-21-25-15-8-3-9-16-25)28(35-20-24-13-6-2-7-14-24)26(37-30)22-33-19-23-11-4-1-5-12-23/h1-9,11-16,26-32H,10,17-22H2/t26-,27-,28-,29-,30-/m1/s1. The number of benzene rings is 3. The Balaban J connectivity index is 1.50. The molecule has 3 aromatic rings. The van der Waals surface area contributed by atoms with E-state index in [1.165, 1.54) is 0 Å². The van der Waals surface area contributed by atoms with Gasteiger partial charge in [-0.2, -0.15) is 0 Å². The monoisotopic (exact) mass is 508 g/mol. The van der Waals surface area contributed by atoms with Crippen LogP contribution in [0.5, 0.6) is 0 Å². The second-order valence-electron chi connectivity index (χ2n) is 9.00. The van der Waals surface area contributed by atoms with Crippen LogP contribution in [0.15, 0.2) is 91.0 Å². The van der Waals surface area contributed by atoms with Crippen LogP contribution in [-0.2, 0) is 43.5 Å². The molecule has 0 unspecified atom stereocenters. The summed E-state index contributed by atoms with van der Waals surface area (Å²) in [6.07, 6.45) is -3.46. The number of aliphatic hydroxyl groups is 2. The lowest BCUT2D eigenvalue weighted by Gasteiger charge is -2.44. The van der Waals surface area contributed by atoms with E-state index < -0.39 is 30.7 Å². The minimum absolute atomic E-state index is 0.0107. The highest BCUT2D eigenvalue weighted by Crippen LogP contribution is 2.29. The topological polar surface area (TPSA) is 86.6 Å². The minimum Gasteiger partial charge on any atom is -0.396 e. The van der Waals surface area contributed by atoms with Crippen LogP contribution in [0.2, 0.25) is 0 Å². The van der Waals surface area contributed by atoms with Crippen LogP contribution in [0.25, 0.3) is 0 Å². The van der Waals surface area contributed by atoms with Gasteiger partial charge in [-0.3, -0.25) is 0 Å². The van der Waals surface area contributed by atoms with Crippen LogP contribution in [0.1, 0.15) is 23.1 Å². The zero-order valence-corrected chi connectivity index (χ0v) is 20.9. The van der Waals surface area contributed by atoms with Gasteiger partial charge in [0.25, 0.3) is 0 Å². The fraction of sp³-hybridized carbons (Fsp3) is 0.400. The Morgan fingerprint density at radius 2 is 1.16 bits per heavy atom. The van der Waals surface area contributed by atoms with Crippen molar-refractivity contribution in [3.05, 3.63) is 108 Å². The summed E-state index contributed by atoms with van der Waals surface area (Å²) in [6, 6.07) is 29.5. The van der Waals surface area contributed by atoms with Gasteiger partial charge in [0, 0.05) is 6.61 Å². The molecule has 1 fully saturated rings. The number of rotatable bonds is 14. The molecule has 2 N–H and O–H groups in total. The summed E-state index contributed by atoms with van der Waals surface area (Å²) in [6.45, 7) is 1.51. The Labute approximate surface area is 218 Å². The Morgan fingerprint density at radius 3 is 1.70 bits per heavy atom. The van der Waals surface area contributed by atoms with E-state index in [4.69, 9.17) is 23.7 Å². The molecule has 1 saturated heterocycles. The van der Waals surface area contributed by atoms with Crippen LogP contribution in [-0.4, -0.2) is 60.7 Å². The molecule has 0 spiro atoms. The Hall–Kier alpha value is -2.62. The molecule has 4 rings (SSSR count). The molecule has 0 aliphatic carbocycles. The number of aliphatic hydroxyl groups excluding tert-OH is 2. The maximum Gasteiger partial charge on any atom is 0.186 e. The number of ether oxygens (including phenoxy) is 5. The van der Waals surface area contributed by atoms with Gasteiger partial charge in [-0.25, -0.2) is 0 Å². The Bertz CT molecular complexity index is 1000. The fourth-order valence-corrected chi connectivity index (χ4v) is 4.22. The predicted octanol–water partition coefficient (Wildman–Crippen LogP) is 3.86. The van der Waals surface area contributed by atoms with Gasteiger partial charge in [-0.1, -0.05) is 91.0 Å². The first-order chi connectivity index (χ1) is 18.2. The molecule has 7 heteroatoms. The highest BCUT2D eigenvalue weighted by atomic mass is 16.7. The first kappa shape index (κ1) is 27.4. The average Bonchev–Trinajstić information content (AvgIpc) is 2.94.